The molecule has 1 aliphatic rings. The van der Waals surface area contributed by atoms with E-state index in [-0.39, 0.29) is 12.3 Å². The number of rotatable bonds is 3. The predicted molar refractivity (Wildman–Crippen MR) is 64.9 cm³/mol. The molecule has 1 aliphatic heterocycles. The molecule has 0 radical (unpaired) electrons. The van der Waals surface area contributed by atoms with E-state index in [2.05, 4.69) is 0 Å². The largest absolute Gasteiger partial charge is 0.453 e. The summed E-state index contributed by atoms with van der Waals surface area (Å²) in [5.74, 6) is 1.00. The fourth-order valence-electron chi connectivity index (χ4n) is 1.85. The van der Waals surface area contributed by atoms with Gasteiger partial charge in [0.1, 0.15) is 0 Å². The summed E-state index contributed by atoms with van der Waals surface area (Å²) in [7, 11) is 0. The second-order valence-corrected chi connectivity index (χ2v) is 5.19. The second kappa shape index (κ2) is 4.20. The van der Waals surface area contributed by atoms with E-state index in [0.717, 1.165) is 5.56 Å². The molecule has 0 aromatic heterocycles. The molecule has 0 saturated carbocycles. The highest BCUT2D eigenvalue weighted by Gasteiger charge is 2.26. The fourth-order valence-corrected chi connectivity index (χ4v) is 2.12. The van der Waals surface area contributed by atoms with Crippen molar-refractivity contribution in [2.24, 2.45) is 5.73 Å². The van der Waals surface area contributed by atoms with Crippen LogP contribution in [0.1, 0.15) is 29.8 Å². The van der Waals surface area contributed by atoms with Crippen molar-refractivity contribution in [1.82, 2.24) is 0 Å². The lowest BCUT2D eigenvalue weighted by Crippen LogP contribution is -2.34. The average Bonchev–Trinajstić information content (AvgIpc) is 2.64. The lowest BCUT2D eigenvalue weighted by molar-refractivity contribution is 0.111. The zero-order valence-electron chi connectivity index (χ0n) is 9.75. The third-order valence-electron chi connectivity index (χ3n) is 2.47. The van der Waals surface area contributed by atoms with Crippen molar-refractivity contribution in [3.05, 3.63) is 22.2 Å². The lowest BCUT2D eigenvalue weighted by atomic mass is 9.94. The van der Waals surface area contributed by atoms with Gasteiger partial charge in [0.05, 0.1) is 10.6 Å². The van der Waals surface area contributed by atoms with Crippen LogP contribution in [0.5, 0.6) is 11.5 Å². The number of halogens is 1. The molecule has 0 aliphatic carbocycles. The molecule has 0 unspecified atom stereocenters. The number of carbonyl (C=O) groups excluding carboxylic acids is 1. The van der Waals surface area contributed by atoms with Gasteiger partial charge in [-0.15, -0.1) is 0 Å². The first-order valence-electron chi connectivity index (χ1n) is 5.27. The van der Waals surface area contributed by atoms with Crippen LogP contribution in [0.15, 0.2) is 6.07 Å². The molecule has 1 aromatic rings. The first kappa shape index (κ1) is 12.2. The minimum atomic E-state index is -0.383. The minimum absolute atomic E-state index is 0.106. The van der Waals surface area contributed by atoms with Crippen LogP contribution in [0.25, 0.3) is 0 Å². The molecule has 0 saturated heterocycles. The molecule has 17 heavy (non-hydrogen) atoms. The third kappa shape index (κ3) is 2.37. The molecule has 1 aromatic carbocycles. The van der Waals surface area contributed by atoms with Gasteiger partial charge >= 0.3 is 0 Å². The first-order valence-corrected chi connectivity index (χ1v) is 5.65. The topological polar surface area (TPSA) is 61.6 Å². The highest BCUT2D eigenvalue weighted by molar-refractivity contribution is 6.33. The van der Waals surface area contributed by atoms with Crippen LogP contribution in [-0.2, 0) is 6.42 Å². The van der Waals surface area contributed by atoms with Crippen molar-refractivity contribution in [1.29, 1.82) is 0 Å². The van der Waals surface area contributed by atoms with E-state index in [9.17, 15) is 4.79 Å². The lowest BCUT2D eigenvalue weighted by Gasteiger charge is -2.20. The molecule has 0 spiro atoms. The van der Waals surface area contributed by atoms with Gasteiger partial charge in [0.15, 0.2) is 17.8 Å². The molecule has 0 amide bonds. The van der Waals surface area contributed by atoms with E-state index >= 15 is 0 Å². The summed E-state index contributed by atoms with van der Waals surface area (Å²) in [6.07, 6.45) is 1.27. The quantitative estimate of drug-likeness (QED) is 0.841. The predicted octanol–water partition coefficient (Wildman–Crippen LogP) is 2.16. The summed E-state index contributed by atoms with van der Waals surface area (Å²) in [6, 6.07) is 1.72. The average molecular weight is 256 g/mol. The van der Waals surface area contributed by atoms with Crippen LogP contribution in [0.2, 0.25) is 5.02 Å². The van der Waals surface area contributed by atoms with Gasteiger partial charge in [-0.1, -0.05) is 11.6 Å². The Labute approximate surface area is 105 Å². The van der Waals surface area contributed by atoms with Gasteiger partial charge in [-0.3, -0.25) is 4.79 Å². The Kier molecular flexibility index (Phi) is 3.02. The van der Waals surface area contributed by atoms with Gasteiger partial charge in [0.25, 0.3) is 0 Å². The van der Waals surface area contributed by atoms with Crippen LogP contribution < -0.4 is 15.2 Å². The third-order valence-corrected chi connectivity index (χ3v) is 2.78. The maximum atomic E-state index is 10.9. The number of hydrogen-bond donors (Lipinski definition) is 1. The smallest absolute Gasteiger partial charge is 0.231 e. The van der Waals surface area contributed by atoms with Crippen LogP contribution in [0.4, 0.5) is 0 Å². The van der Waals surface area contributed by atoms with E-state index in [0.29, 0.717) is 34.8 Å². The number of carbonyl (C=O) groups is 1. The number of aldehydes is 1. The number of benzene rings is 1. The standard InChI is InChI=1S/C12H14ClNO3/c1-12(2,14)4-7-3-9(13)8(5-15)11-10(7)16-6-17-11/h3,5H,4,6,14H2,1-2H3. The molecule has 2 rings (SSSR count). The Morgan fingerprint density at radius 2 is 2.12 bits per heavy atom. The Balaban J connectivity index is 2.52. The van der Waals surface area contributed by atoms with E-state index in [1.165, 1.54) is 0 Å². The van der Waals surface area contributed by atoms with Crippen molar-refractivity contribution in [3.8, 4) is 11.5 Å². The summed E-state index contributed by atoms with van der Waals surface area (Å²) >= 11 is 6.03. The second-order valence-electron chi connectivity index (χ2n) is 4.78. The molecule has 5 heteroatoms. The van der Waals surface area contributed by atoms with Crippen molar-refractivity contribution < 1.29 is 14.3 Å². The molecular weight excluding hydrogens is 242 g/mol. The van der Waals surface area contributed by atoms with Crippen molar-refractivity contribution in [2.75, 3.05) is 6.79 Å². The van der Waals surface area contributed by atoms with Gasteiger partial charge in [0.2, 0.25) is 6.79 Å². The zero-order chi connectivity index (χ0) is 12.6. The van der Waals surface area contributed by atoms with E-state index < -0.39 is 0 Å². The van der Waals surface area contributed by atoms with Crippen LogP contribution in [0, 0.1) is 0 Å². The molecule has 2 N–H and O–H groups in total. The summed E-state index contributed by atoms with van der Waals surface area (Å²) in [4.78, 5) is 10.9. The zero-order valence-corrected chi connectivity index (χ0v) is 10.5. The number of fused-ring (bicyclic) bond motifs is 1. The first-order chi connectivity index (χ1) is 7.92. The van der Waals surface area contributed by atoms with Crippen molar-refractivity contribution >= 4 is 17.9 Å². The van der Waals surface area contributed by atoms with Crippen molar-refractivity contribution in [2.45, 2.75) is 25.8 Å². The van der Waals surface area contributed by atoms with Gasteiger partial charge in [-0.25, -0.2) is 0 Å². The Morgan fingerprint density at radius 1 is 1.47 bits per heavy atom. The van der Waals surface area contributed by atoms with Crippen LogP contribution >= 0.6 is 11.6 Å². The molecule has 1 heterocycles. The van der Waals surface area contributed by atoms with Crippen LogP contribution in [-0.4, -0.2) is 18.6 Å². The highest BCUT2D eigenvalue weighted by Crippen LogP contribution is 2.42. The molecule has 92 valence electrons. The monoisotopic (exact) mass is 255 g/mol. The van der Waals surface area contributed by atoms with E-state index in [4.69, 9.17) is 26.8 Å². The van der Waals surface area contributed by atoms with E-state index in [1.54, 1.807) is 6.07 Å². The summed E-state index contributed by atoms with van der Waals surface area (Å²) in [5.41, 5.74) is 6.78. The van der Waals surface area contributed by atoms with Crippen molar-refractivity contribution in [3.63, 3.8) is 0 Å². The highest BCUT2D eigenvalue weighted by atomic mass is 35.5. The number of ether oxygens (including phenoxy) is 2. The maximum absolute atomic E-state index is 10.9. The van der Waals surface area contributed by atoms with Gasteiger partial charge in [-0.05, 0) is 26.3 Å². The normalized spacial score (nSPS) is 13.9. The van der Waals surface area contributed by atoms with Gasteiger partial charge in [0, 0.05) is 11.1 Å². The minimum Gasteiger partial charge on any atom is -0.453 e. The molecule has 0 atom stereocenters. The van der Waals surface area contributed by atoms with Gasteiger partial charge < -0.3 is 15.2 Å². The number of nitrogens with two attached hydrogens (primary N) is 1. The summed E-state index contributed by atoms with van der Waals surface area (Å²) in [6.45, 7) is 3.93. The summed E-state index contributed by atoms with van der Waals surface area (Å²) in [5, 5.41) is 0.364. The Hall–Kier alpha value is -1.26. The maximum Gasteiger partial charge on any atom is 0.231 e. The van der Waals surface area contributed by atoms with E-state index in [1.807, 2.05) is 13.8 Å². The molecule has 0 fully saturated rings. The SMILES string of the molecule is CC(C)(N)Cc1cc(Cl)c(C=O)c2c1OCO2. The fraction of sp³-hybridized carbons (Fsp3) is 0.417. The van der Waals surface area contributed by atoms with Crippen LogP contribution in [0.3, 0.4) is 0 Å². The molecule has 4 nitrogen and oxygen atoms in total. The molecule has 0 bridgehead atoms. The Morgan fingerprint density at radius 3 is 2.71 bits per heavy atom. The van der Waals surface area contributed by atoms with Gasteiger partial charge in [-0.2, -0.15) is 0 Å². The Bertz CT molecular complexity index is 466. The summed E-state index contributed by atoms with van der Waals surface area (Å²) < 4.78 is 10.7. The molecular formula is C12H14ClNO3. The number of hydrogen-bond acceptors (Lipinski definition) is 4.